The predicted octanol–water partition coefficient (Wildman–Crippen LogP) is 4.30. The van der Waals surface area contributed by atoms with Crippen molar-refractivity contribution >= 4 is 11.8 Å². The third kappa shape index (κ3) is 5.29. The molecule has 3 N–H and O–H groups in total. The van der Waals surface area contributed by atoms with Gasteiger partial charge in [0.05, 0.1) is 17.3 Å². The molecule has 2 amide bonds. The molecule has 0 bridgehead atoms. The fourth-order valence-corrected chi connectivity index (χ4v) is 4.89. The number of pyridine rings is 1. The molecule has 1 saturated carbocycles. The molecule has 2 aliphatic rings. The number of nitrogens with zero attached hydrogens (tertiary/aromatic N) is 1. The van der Waals surface area contributed by atoms with Crippen molar-refractivity contribution in [3.05, 3.63) is 88.2 Å². The van der Waals surface area contributed by atoms with Crippen molar-refractivity contribution in [1.82, 2.24) is 15.6 Å². The number of benzene rings is 2. The number of nitrogens with one attached hydrogen (secondary N) is 2. The second-order valence-electron chi connectivity index (χ2n) is 10.5. The maximum absolute atomic E-state index is 14.0. The smallest absolute Gasteiger partial charge is 0.252 e. The summed E-state index contributed by atoms with van der Waals surface area (Å²) in [6, 6.07) is 11.6. The van der Waals surface area contributed by atoms with Crippen molar-refractivity contribution in [3.8, 4) is 23.0 Å². The number of carbonyl (C=O) groups excluding carboxylic acids is 2. The number of hydrogen-bond donors (Lipinski definition) is 3. The van der Waals surface area contributed by atoms with Gasteiger partial charge in [-0.2, -0.15) is 0 Å². The highest BCUT2D eigenvalue weighted by molar-refractivity contribution is 6.01. The van der Waals surface area contributed by atoms with Crippen LogP contribution in [0.1, 0.15) is 72.5 Å². The van der Waals surface area contributed by atoms with Crippen LogP contribution >= 0.6 is 0 Å². The Morgan fingerprint density at radius 3 is 2.47 bits per heavy atom. The Kier molecular flexibility index (Phi) is 6.28. The lowest BCUT2D eigenvalue weighted by molar-refractivity contribution is -0.119. The lowest BCUT2D eigenvalue weighted by Crippen LogP contribution is -2.29. The third-order valence-corrected chi connectivity index (χ3v) is 6.68. The maximum Gasteiger partial charge on any atom is 0.252 e. The topological polar surface area (TPSA) is 91.3 Å². The first kappa shape index (κ1) is 25.6. The first-order chi connectivity index (χ1) is 17.9. The fourth-order valence-electron chi connectivity index (χ4n) is 4.89. The van der Waals surface area contributed by atoms with E-state index in [1.807, 2.05) is 18.2 Å². The first-order valence-corrected chi connectivity index (χ1v) is 12.4. The Morgan fingerprint density at radius 2 is 1.84 bits per heavy atom. The van der Waals surface area contributed by atoms with Gasteiger partial charge in [0.2, 0.25) is 5.91 Å². The van der Waals surface area contributed by atoms with E-state index in [1.165, 1.54) is 19.1 Å². The molecule has 5 rings (SSSR count). The van der Waals surface area contributed by atoms with Gasteiger partial charge < -0.3 is 15.7 Å². The highest BCUT2D eigenvalue weighted by atomic mass is 19.1. The molecule has 1 fully saturated rings. The van der Waals surface area contributed by atoms with Crippen molar-refractivity contribution < 1.29 is 23.5 Å². The molecule has 8 heteroatoms. The lowest BCUT2D eigenvalue weighted by atomic mass is 9.92. The largest absolute Gasteiger partial charge is 0.378 e. The summed E-state index contributed by atoms with van der Waals surface area (Å²) in [5.41, 5.74) is 2.53. The molecule has 0 saturated heterocycles. The van der Waals surface area contributed by atoms with Crippen molar-refractivity contribution in [2.45, 2.75) is 57.2 Å². The zero-order valence-electron chi connectivity index (χ0n) is 21.3. The second-order valence-corrected chi connectivity index (χ2v) is 10.5. The zero-order chi connectivity index (χ0) is 27.2. The van der Waals surface area contributed by atoms with Crippen molar-refractivity contribution in [2.75, 3.05) is 0 Å². The van der Waals surface area contributed by atoms with E-state index in [2.05, 4.69) is 22.5 Å². The van der Waals surface area contributed by atoms with Crippen LogP contribution in [-0.4, -0.2) is 27.5 Å². The normalized spacial score (nSPS) is 15.8. The Bertz CT molecular complexity index is 1510. The Balaban J connectivity index is 1.64. The number of aliphatic hydroxyl groups is 1. The minimum absolute atomic E-state index is 0.0607. The van der Waals surface area contributed by atoms with Gasteiger partial charge in [0, 0.05) is 24.1 Å². The predicted molar refractivity (Wildman–Crippen MR) is 138 cm³/mol. The van der Waals surface area contributed by atoms with E-state index < -0.39 is 23.3 Å². The van der Waals surface area contributed by atoms with E-state index in [4.69, 9.17) is 4.98 Å². The van der Waals surface area contributed by atoms with Crippen LogP contribution in [0.25, 0.3) is 11.1 Å². The Morgan fingerprint density at radius 1 is 1.13 bits per heavy atom. The first-order valence-electron chi connectivity index (χ1n) is 12.4. The van der Waals surface area contributed by atoms with Gasteiger partial charge in [0.25, 0.3) is 5.91 Å². The van der Waals surface area contributed by atoms with Gasteiger partial charge in [0.1, 0.15) is 22.9 Å². The standard InChI is InChI=1S/C30H27F2N3O3/c1-17(36)33-26(14-18-12-20(31)16-21(32)13-18)27-23(6-5-22(34-27)8-9-29(2,3)38)19-4-7-25-24(15-19)28(37)35-30(25)10-11-30/h4-7,12-13,15-16,26,38H,10-11,14H2,1-3H3,(H,33,36)(H,35,37)/t26-/m0/s1. The number of carbonyl (C=O) groups is 2. The van der Waals surface area contributed by atoms with Crippen LogP contribution in [0.3, 0.4) is 0 Å². The van der Waals surface area contributed by atoms with E-state index >= 15 is 0 Å². The molecule has 194 valence electrons. The van der Waals surface area contributed by atoms with E-state index in [-0.39, 0.29) is 23.8 Å². The van der Waals surface area contributed by atoms with Gasteiger partial charge in [-0.05, 0) is 86.1 Å². The van der Waals surface area contributed by atoms with E-state index in [9.17, 15) is 23.5 Å². The quantitative estimate of drug-likeness (QED) is 0.442. The molecule has 0 radical (unpaired) electrons. The summed E-state index contributed by atoms with van der Waals surface area (Å²) in [4.78, 5) is 29.6. The van der Waals surface area contributed by atoms with Gasteiger partial charge in [0.15, 0.2) is 0 Å². The minimum Gasteiger partial charge on any atom is -0.378 e. The SMILES string of the molecule is CC(=O)N[C@@H](Cc1cc(F)cc(F)c1)c1nc(C#CC(C)(C)O)ccc1-c1ccc2c(c1)C(=O)NC21CC1. The van der Waals surface area contributed by atoms with Gasteiger partial charge in [-0.1, -0.05) is 18.1 Å². The number of hydrogen-bond acceptors (Lipinski definition) is 4. The number of aromatic nitrogens is 1. The third-order valence-electron chi connectivity index (χ3n) is 6.68. The van der Waals surface area contributed by atoms with Crippen LogP contribution in [0.15, 0.2) is 48.5 Å². The Labute approximate surface area is 219 Å². The minimum atomic E-state index is -1.25. The molecule has 3 aromatic rings. The summed E-state index contributed by atoms with van der Waals surface area (Å²) in [6.07, 6.45) is 1.87. The zero-order valence-corrected chi connectivity index (χ0v) is 21.3. The number of fused-ring (bicyclic) bond motifs is 2. The van der Waals surface area contributed by atoms with E-state index in [0.29, 0.717) is 33.6 Å². The molecular formula is C30H27F2N3O3. The van der Waals surface area contributed by atoms with Gasteiger partial charge in [-0.3, -0.25) is 9.59 Å². The molecule has 2 aromatic carbocycles. The average molecular weight is 516 g/mol. The molecule has 1 spiro atoms. The monoisotopic (exact) mass is 515 g/mol. The summed E-state index contributed by atoms with van der Waals surface area (Å²) < 4.78 is 27.9. The second kappa shape index (κ2) is 9.34. The highest BCUT2D eigenvalue weighted by Gasteiger charge is 2.52. The van der Waals surface area contributed by atoms with E-state index in [0.717, 1.165) is 24.5 Å². The van der Waals surface area contributed by atoms with Crippen molar-refractivity contribution in [3.63, 3.8) is 0 Å². The molecule has 38 heavy (non-hydrogen) atoms. The van der Waals surface area contributed by atoms with E-state index in [1.54, 1.807) is 26.0 Å². The Hall–Kier alpha value is -4.09. The fraction of sp³-hybridized carbons (Fsp3) is 0.300. The summed E-state index contributed by atoms with van der Waals surface area (Å²) >= 11 is 0. The molecule has 2 heterocycles. The molecule has 1 atom stereocenters. The summed E-state index contributed by atoms with van der Waals surface area (Å²) in [5.74, 6) is 3.65. The molecule has 0 unspecified atom stereocenters. The van der Waals surface area contributed by atoms with Crippen LogP contribution in [-0.2, 0) is 16.8 Å². The highest BCUT2D eigenvalue weighted by Crippen LogP contribution is 2.51. The van der Waals surface area contributed by atoms with Crippen molar-refractivity contribution in [1.29, 1.82) is 0 Å². The van der Waals surface area contributed by atoms with Crippen LogP contribution in [0.5, 0.6) is 0 Å². The number of halogens is 2. The summed E-state index contributed by atoms with van der Waals surface area (Å²) in [6.45, 7) is 4.46. The summed E-state index contributed by atoms with van der Waals surface area (Å²) in [5, 5.41) is 16.0. The maximum atomic E-state index is 14.0. The number of amides is 2. The summed E-state index contributed by atoms with van der Waals surface area (Å²) in [7, 11) is 0. The molecular weight excluding hydrogens is 488 g/mol. The van der Waals surface area contributed by atoms with Gasteiger partial charge in [-0.15, -0.1) is 0 Å². The van der Waals surface area contributed by atoms with Crippen molar-refractivity contribution in [2.24, 2.45) is 0 Å². The molecule has 1 aliphatic heterocycles. The average Bonchev–Trinajstić information content (AvgIpc) is 3.54. The molecule has 6 nitrogen and oxygen atoms in total. The van der Waals surface area contributed by atoms with Gasteiger partial charge >= 0.3 is 0 Å². The number of rotatable bonds is 5. The van der Waals surface area contributed by atoms with Gasteiger partial charge in [-0.25, -0.2) is 13.8 Å². The molecule has 1 aliphatic carbocycles. The van der Waals surface area contributed by atoms with Crippen LogP contribution < -0.4 is 10.6 Å². The van der Waals surface area contributed by atoms with Crippen LogP contribution in [0, 0.1) is 23.5 Å². The van der Waals surface area contributed by atoms with Crippen LogP contribution in [0.4, 0.5) is 8.78 Å². The molecule has 1 aromatic heterocycles. The van der Waals surface area contributed by atoms with Crippen LogP contribution in [0.2, 0.25) is 0 Å². The lowest BCUT2D eigenvalue weighted by Gasteiger charge is -2.22.